The van der Waals surface area contributed by atoms with E-state index in [4.69, 9.17) is 10.5 Å². The lowest BCUT2D eigenvalue weighted by atomic mass is 9.85. The predicted molar refractivity (Wildman–Crippen MR) is 118 cm³/mol. The molecule has 2 N–H and O–H groups in total. The van der Waals surface area contributed by atoms with E-state index in [0.29, 0.717) is 24.5 Å². The Labute approximate surface area is 184 Å². The average molecular weight is 444 g/mol. The van der Waals surface area contributed by atoms with Crippen molar-refractivity contribution in [1.29, 1.82) is 0 Å². The molecule has 7 nitrogen and oxygen atoms in total. The van der Waals surface area contributed by atoms with Crippen LogP contribution in [0.5, 0.6) is 0 Å². The van der Waals surface area contributed by atoms with E-state index in [-0.39, 0.29) is 16.6 Å². The van der Waals surface area contributed by atoms with Gasteiger partial charge in [0.2, 0.25) is 0 Å². The molecule has 164 valence electrons. The molecule has 3 aliphatic rings. The van der Waals surface area contributed by atoms with Crippen LogP contribution in [-0.4, -0.2) is 54.3 Å². The van der Waals surface area contributed by atoms with Crippen LogP contribution in [0.25, 0.3) is 0 Å². The first-order valence-electron chi connectivity index (χ1n) is 10.7. The van der Waals surface area contributed by atoms with Crippen LogP contribution in [-0.2, 0) is 16.8 Å². The Balaban J connectivity index is 1.24. The van der Waals surface area contributed by atoms with Gasteiger partial charge < -0.3 is 15.4 Å². The number of halogens is 1. The van der Waals surface area contributed by atoms with E-state index >= 15 is 0 Å². The maximum Gasteiger partial charge on any atom is 0.252 e. The normalized spacial score (nSPS) is 23.1. The lowest BCUT2D eigenvalue weighted by Crippen LogP contribution is -2.47. The maximum atomic E-state index is 13.9. The Kier molecular flexibility index (Phi) is 5.27. The van der Waals surface area contributed by atoms with Gasteiger partial charge in [-0.15, -0.1) is 11.3 Å². The molecule has 0 aromatic carbocycles. The van der Waals surface area contributed by atoms with E-state index in [9.17, 15) is 9.18 Å². The van der Waals surface area contributed by atoms with Crippen LogP contribution in [0.4, 0.5) is 10.2 Å². The first kappa shape index (κ1) is 20.5. The third kappa shape index (κ3) is 3.75. The highest BCUT2D eigenvalue weighted by molar-refractivity contribution is 7.10. The van der Waals surface area contributed by atoms with Gasteiger partial charge in [0.15, 0.2) is 10.9 Å². The SMILES string of the molecule is CC1=NN(c2ncccc2C(N)=O)CC1CN1CCC2(CC1)OCCc1cc(F)sc12. The van der Waals surface area contributed by atoms with Crippen LogP contribution < -0.4 is 10.7 Å². The zero-order chi connectivity index (χ0) is 21.6. The Bertz CT molecular complexity index is 1030. The topological polar surface area (TPSA) is 84.1 Å². The van der Waals surface area contributed by atoms with Gasteiger partial charge in [-0.1, -0.05) is 0 Å². The van der Waals surface area contributed by atoms with Crippen molar-refractivity contribution < 1.29 is 13.9 Å². The predicted octanol–water partition coefficient (Wildman–Crippen LogP) is 2.76. The molecule has 2 aromatic rings. The summed E-state index contributed by atoms with van der Waals surface area (Å²) in [5.74, 6) is 0.258. The number of primary amides is 1. The number of fused-ring (bicyclic) bond motifs is 2. The molecule has 1 fully saturated rings. The largest absolute Gasteiger partial charge is 0.369 e. The number of carbonyl (C=O) groups excluding carboxylic acids is 1. The van der Waals surface area contributed by atoms with Gasteiger partial charge in [0.25, 0.3) is 5.91 Å². The fourth-order valence-electron chi connectivity index (χ4n) is 4.94. The Hall–Kier alpha value is -2.36. The van der Waals surface area contributed by atoms with Crippen LogP contribution in [0, 0.1) is 11.0 Å². The number of amides is 1. The molecule has 1 unspecified atom stereocenters. The molecule has 31 heavy (non-hydrogen) atoms. The van der Waals surface area contributed by atoms with Crippen LogP contribution in [0.1, 0.15) is 40.6 Å². The highest BCUT2D eigenvalue weighted by atomic mass is 32.1. The van der Waals surface area contributed by atoms with Crippen LogP contribution in [0.15, 0.2) is 29.5 Å². The lowest BCUT2D eigenvalue weighted by molar-refractivity contribution is -0.0955. The highest BCUT2D eigenvalue weighted by Crippen LogP contribution is 2.45. The number of hydrazone groups is 1. The number of hydrogen-bond donors (Lipinski definition) is 1. The van der Waals surface area contributed by atoms with Crippen molar-refractivity contribution in [2.75, 3.05) is 37.8 Å². The zero-order valence-electron chi connectivity index (χ0n) is 17.5. The highest BCUT2D eigenvalue weighted by Gasteiger charge is 2.43. The lowest BCUT2D eigenvalue weighted by Gasteiger charge is -2.44. The number of aromatic nitrogens is 1. The van der Waals surface area contributed by atoms with Crippen LogP contribution in [0.2, 0.25) is 0 Å². The summed E-state index contributed by atoms with van der Waals surface area (Å²) in [6, 6.07) is 5.07. The Morgan fingerprint density at radius 1 is 1.42 bits per heavy atom. The van der Waals surface area contributed by atoms with Gasteiger partial charge in [-0.3, -0.25) is 4.79 Å². The summed E-state index contributed by atoms with van der Waals surface area (Å²) in [4.78, 5) is 19.6. The van der Waals surface area contributed by atoms with E-state index in [2.05, 4.69) is 15.0 Å². The fourth-order valence-corrected chi connectivity index (χ4v) is 6.08. The number of rotatable bonds is 4. The molecule has 1 spiro atoms. The minimum absolute atomic E-state index is 0.111. The molecule has 2 aromatic heterocycles. The molecule has 9 heteroatoms. The molecule has 0 saturated carbocycles. The van der Waals surface area contributed by atoms with Crippen molar-refractivity contribution in [2.45, 2.75) is 31.8 Å². The number of piperidine rings is 1. The Morgan fingerprint density at radius 3 is 3.00 bits per heavy atom. The molecular formula is C22H26FN5O2S. The Morgan fingerprint density at radius 2 is 2.23 bits per heavy atom. The number of pyridine rings is 1. The standard InChI is InChI=1S/C22H26FN5O2S/c1-14-16(13-28(26-14)21-17(20(24)29)3-2-7-25-21)12-27-8-5-22(6-9-27)19-15(4-10-30-22)11-18(23)31-19/h2-3,7,11,16H,4-6,8-10,12-13H2,1H3,(H2,24,29). The summed E-state index contributed by atoms with van der Waals surface area (Å²) in [5.41, 5.74) is 7.71. The molecule has 0 bridgehead atoms. The van der Waals surface area contributed by atoms with Crippen molar-refractivity contribution in [1.82, 2.24) is 9.88 Å². The van der Waals surface area contributed by atoms with Crippen molar-refractivity contribution >= 4 is 28.8 Å². The number of likely N-dealkylation sites (tertiary alicyclic amines) is 1. The van der Waals surface area contributed by atoms with Crippen molar-refractivity contribution in [3.8, 4) is 0 Å². The molecule has 1 amide bonds. The van der Waals surface area contributed by atoms with Crippen molar-refractivity contribution in [2.24, 2.45) is 16.8 Å². The minimum Gasteiger partial charge on any atom is -0.369 e. The molecule has 0 radical (unpaired) electrons. The second-order valence-electron chi connectivity index (χ2n) is 8.56. The number of nitrogens with zero attached hydrogens (tertiary/aromatic N) is 4. The maximum absolute atomic E-state index is 13.9. The van der Waals surface area contributed by atoms with E-state index in [1.54, 1.807) is 29.4 Å². The summed E-state index contributed by atoms with van der Waals surface area (Å²) in [6.45, 7) is 6.04. The first-order chi connectivity index (χ1) is 14.9. The summed E-state index contributed by atoms with van der Waals surface area (Å²) < 4.78 is 20.1. The summed E-state index contributed by atoms with van der Waals surface area (Å²) in [6.07, 6.45) is 4.20. The first-order valence-corrected chi connectivity index (χ1v) is 11.5. The second-order valence-corrected chi connectivity index (χ2v) is 9.56. The third-order valence-electron chi connectivity index (χ3n) is 6.64. The third-order valence-corrected chi connectivity index (χ3v) is 7.80. The molecule has 5 heterocycles. The van der Waals surface area contributed by atoms with E-state index in [0.717, 1.165) is 55.0 Å². The number of carbonyl (C=O) groups is 1. The monoisotopic (exact) mass is 443 g/mol. The number of anilines is 1. The summed E-state index contributed by atoms with van der Waals surface area (Å²) in [7, 11) is 0. The minimum atomic E-state index is -0.502. The molecule has 0 aliphatic carbocycles. The van der Waals surface area contributed by atoms with Gasteiger partial charge in [-0.2, -0.15) is 9.49 Å². The molecule has 3 aliphatic heterocycles. The average Bonchev–Trinajstić information content (AvgIpc) is 3.32. The number of ether oxygens (including phenoxy) is 1. The zero-order valence-corrected chi connectivity index (χ0v) is 18.3. The van der Waals surface area contributed by atoms with Crippen molar-refractivity contribution in [3.05, 3.63) is 45.5 Å². The quantitative estimate of drug-likeness (QED) is 0.786. The summed E-state index contributed by atoms with van der Waals surface area (Å²) in [5, 5.41) is 6.33. The van der Waals surface area contributed by atoms with Gasteiger partial charge in [0.05, 0.1) is 18.7 Å². The van der Waals surface area contributed by atoms with Gasteiger partial charge in [0.1, 0.15) is 5.60 Å². The van der Waals surface area contributed by atoms with E-state index in [1.807, 2.05) is 6.92 Å². The molecular weight excluding hydrogens is 417 g/mol. The number of nitrogens with two attached hydrogens (primary N) is 1. The summed E-state index contributed by atoms with van der Waals surface area (Å²) >= 11 is 1.25. The van der Waals surface area contributed by atoms with Crippen LogP contribution >= 0.6 is 11.3 Å². The van der Waals surface area contributed by atoms with Gasteiger partial charge in [-0.05, 0) is 49.9 Å². The molecule has 5 rings (SSSR count). The number of hydrogen-bond acceptors (Lipinski definition) is 7. The van der Waals surface area contributed by atoms with E-state index < -0.39 is 5.91 Å². The van der Waals surface area contributed by atoms with Gasteiger partial charge in [-0.25, -0.2) is 9.99 Å². The molecule has 1 atom stereocenters. The molecule has 1 saturated heterocycles. The van der Waals surface area contributed by atoms with Gasteiger partial charge in [0, 0.05) is 42.3 Å². The smallest absolute Gasteiger partial charge is 0.252 e. The van der Waals surface area contributed by atoms with Crippen LogP contribution in [0.3, 0.4) is 0 Å². The second kappa shape index (κ2) is 7.96. The number of thiophene rings is 1. The van der Waals surface area contributed by atoms with Gasteiger partial charge >= 0.3 is 0 Å². The van der Waals surface area contributed by atoms with E-state index in [1.165, 1.54) is 11.3 Å². The van der Waals surface area contributed by atoms with Crippen molar-refractivity contribution in [3.63, 3.8) is 0 Å². The fraction of sp³-hybridized carbons (Fsp3) is 0.500.